The maximum atomic E-state index is 12.4. The lowest BCUT2D eigenvalue weighted by molar-refractivity contribution is -0.906. The summed E-state index contributed by atoms with van der Waals surface area (Å²) in [5.41, 5.74) is 1.03. The van der Waals surface area contributed by atoms with E-state index >= 15 is 0 Å². The lowest BCUT2D eigenvalue weighted by Crippen LogP contribution is -3.00. The summed E-state index contributed by atoms with van der Waals surface area (Å²) in [7, 11) is 4.10. The molecule has 1 aliphatic heterocycles. The van der Waals surface area contributed by atoms with Gasteiger partial charge in [0, 0.05) is 23.1 Å². The summed E-state index contributed by atoms with van der Waals surface area (Å²) in [6.07, 6.45) is 0. The largest absolute Gasteiger partial charge is 1.00 e. The highest BCUT2D eigenvalue weighted by Crippen LogP contribution is 2.29. The van der Waals surface area contributed by atoms with Crippen LogP contribution in [0.25, 0.3) is 0 Å². The molecule has 1 amide bonds. The van der Waals surface area contributed by atoms with Gasteiger partial charge < -0.3 is 16.9 Å². The van der Waals surface area contributed by atoms with E-state index in [-0.39, 0.29) is 24.9 Å². The minimum atomic E-state index is -0.358. The van der Waals surface area contributed by atoms with Gasteiger partial charge in [-0.05, 0) is 31.7 Å². The Hall–Kier alpha value is -0.560. The first-order valence-corrected chi connectivity index (χ1v) is 7.97. The first-order chi connectivity index (χ1) is 10.2. The van der Waals surface area contributed by atoms with E-state index in [1.54, 1.807) is 19.1 Å². The molecule has 130 valence electrons. The number of carbonyl (C=O) groups excluding carboxylic acids is 1. The normalized spacial score (nSPS) is 17.5. The van der Waals surface area contributed by atoms with Crippen LogP contribution in [0.2, 0.25) is 10.0 Å². The van der Waals surface area contributed by atoms with Crippen molar-refractivity contribution in [3.63, 3.8) is 0 Å². The van der Waals surface area contributed by atoms with E-state index in [9.17, 15) is 10.0 Å². The van der Waals surface area contributed by atoms with Crippen molar-refractivity contribution in [3.8, 4) is 0 Å². The standard InChI is InChI=1S/C15H22Cl2N3O2.ClH/c1-11-13(16)8-12(9-14(11)17)19(22)15(21)10-20(3)6-4-18(2)5-7-20;/h8-9,22H,4-7,10H2,1-3H3;1H/q+1;/p-1. The third kappa shape index (κ3) is 4.95. The summed E-state index contributed by atoms with van der Waals surface area (Å²) in [5, 5.41) is 11.7. The second-order valence-corrected chi connectivity index (χ2v) is 7.08. The molecule has 1 aromatic carbocycles. The average molecular weight is 383 g/mol. The molecule has 0 bridgehead atoms. The highest BCUT2D eigenvalue weighted by molar-refractivity contribution is 6.36. The molecule has 8 heteroatoms. The molecule has 1 saturated heterocycles. The quantitative estimate of drug-likeness (QED) is 0.432. The molecule has 1 aromatic rings. The molecule has 0 aliphatic carbocycles. The van der Waals surface area contributed by atoms with E-state index in [1.165, 1.54) is 0 Å². The van der Waals surface area contributed by atoms with Crippen LogP contribution in [-0.2, 0) is 4.79 Å². The van der Waals surface area contributed by atoms with Gasteiger partial charge in [0.05, 0.1) is 25.8 Å². The Kier molecular flexibility index (Phi) is 7.13. The van der Waals surface area contributed by atoms with Crippen LogP contribution in [0.3, 0.4) is 0 Å². The van der Waals surface area contributed by atoms with E-state index in [0.717, 1.165) is 31.7 Å². The van der Waals surface area contributed by atoms with Crippen molar-refractivity contribution in [2.24, 2.45) is 0 Å². The van der Waals surface area contributed by atoms with Gasteiger partial charge in [-0.3, -0.25) is 14.9 Å². The van der Waals surface area contributed by atoms with Crippen molar-refractivity contribution in [1.29, 1.82) is 0 Å². The maximum absolute atomic E-state index is 12.4. The molecule has 0 saturated carbocycles. The van der Waals surface area contributed by atoms with Crippen molar-refractivity contribution >= 4 is 34.8 Å². The van der Waals surface area contributed by atoms with E-state index in [1.807, 2.05) is 7.05 Å². The van der Waals surface area contributed by atoms with Crippen molar-refractivity contribution < 1.29 is 26.9 Å². The highest BCUT2D eigenvalue weighted by atomic mass is 35.5. The Bertz CT molecular complexity index is 552. The number of rotatable bonds is 3. The summed E-state index contributed by atoms with van der Waals surface area (Å²) in [5.74, 6) is -0.358. The first kappa shape index (κ1) is 20.5. The number of hydrogen-bond acceptors (Lipinski definition) is 3. The van der Waals surface area contributed by atoms with Crippen LogP contribution in [0.4, 0.5) is 5.69 Å². The van der Waals surface area contributed by atoms with Crippen LogP contribution >= 0.6 is 23.2 Å². The Morgan fingerprint density at radius 1 is 1.30 bits per heavy atom. The number of nitrogens with zero attached hydrogens (tertiary/aromatic N) is 3. The summed E-state index contributed by atoms with van der Waals surface area (Å²) < 4.78 is 0.619. The van der Waals surface area contributed by atoms with Crippen LogP contribution in [0.15, 0.2) is 12.1 Å². The lowest BCUT2D eigenvalue weighted by Gasteiger charge is -2.40. The van der Waals surface area contributed by atoms with Gasteiger partial charge in [0.25, 0.3) is 0 Å². The Morgan fingerprint density at radius 3 is 2.26 bits per heavy atom. The number of hydrogen-bond donors (Lipinski definition) is 1. The molecular weight excluding hydrogens is 361 g/mol. The Morgan fingerprint density at radius 2 is 1.78 bits per heavy atom. The van der Waals surface area contributed by atoms with Gasteiger partial charge >= 0.3 is 5.91 Å². The maximum Gasteiger partial charge on any atom is 0.305 e. The predicted molar refractivity (Wildman–Crippen MR) is 88.8 cm³/mol. The summed E-state index contributed by atoms with van der Waals surface area (Å²) in [4.78, 5) is 14.6. The van der Waals surface area contributed by atoms with Crippen molar-refractivity contribution in [1.82, 2.24) is 4.90 Å². The van der Waals surface area contributed by atoms with Crippen molar-refractivity contribution in [3.05, 3.63) is 27.7 Å². The first-order valence-electron chi connectivity index (χ1n) is 7.21. The molecule has 0 spiro atoms. The lowest BCUT2D eigenvalue weighted by atomic mass is 10.2. The van der Waals surface area contributed by atoms with E-state index in [4.69, 9.17) is 23.2 Å². The molecule has 1 fully saturated rings. The SMILES string of the molecule is Cc1c(Cl)cc(N(O)C(=O)C[N+]2(C)CCN(C)CC2)cc1Cl.[Cl-]. The van der Waals surface area contributed by atoms with E-state index in [0.29, 0.717) is 25.3 Å². The van der Waals surface area contributed by atoms with Crippen molar-refractivity contribution in [2.45, 2.75) is 6.92 Å². The third-order valence-corrected chi connectivity index (χ3v) is 5.09. The Labute approximate surface area is 153 Å². The second kappa shape index (κ2) is 8.01. The molecule has 0 radical (unpaired) electrons. The van der Waals surface area contributed by atoms with Crippen LogP contribution in [-0.4, -0.2) is 67.3 Å². The second-order valence-electron chi connectivity index (χ2n) is 6.27. The minimum absolute atomic E-state index is 0. The van der Waals surface area contributed by atoms with Gasteiger partial charge in [-0.15, -0.1) is 0 Å². The summed E-state index contributed by atoms with van der Waals surface area (Å²) in [6.45, 7) is 5.67. The van der Waals surface area contributed by atoms with Gasteiger partial charge in [0.2, 0.25) is 0 Å². The van der Waals surface area contributed by atoms with Gasteiger partial charge in [-0.25, -0.2) is 0 Å². The fraction of sp³-hybridized carbons (Fsp3) is 0.533. The summed E-state index contributed by atoms with van der Waals surface area (Å²) >= 11 is 12.1. The molecule has 5 nitrogen and oxygen atoms in total. The topological polar surface area (TPSA) is 43.8 Å². The number of quaternary nitrogens is 1. The van der Waals surface area contributed by atoms with Crippen LogP contribution in [0.1, 0.15) is 5.56 Å². The third-order valence-electron chi connectivity index (χ3n) is 4.31. The van der Waals surface area contributed by atoms with E-state index in [2.05, 4.69) is 11.9 Å². The molecule has 0 aromatic heterocycles. The van der Waals surface area contributed by atoms with Crippen LogP contribution < -0.4 is 17.5 Å². The van der Waals surface area contributed by atoms with Crippen LogP contribution in [0.5, 0.6) is 0 Å². The zero-order valence-corrected chi connectivity index (χ0v) is 15.8. The molecule has 1 N–H and O–H groups in total. The molecule has 23 heavy (non-hydrogen) atoms. The zero-order valence-electron chi connectivity index (χ0n) is 13.5. The number of anilines is 1. The number of carbonyl (C=O) groups is 1. The zero-order chi connectivity index (χ0) is 16.5. The predicted octanol–water partition coefficient (Wildman–Crippen LogP) is -0.580. The van der Waals surface area contributed by atoms with Gasteiger partial charge in [-0.1, -0.05) is 23.2 Å². The van der Waals surface area contributed by atoms with E-state index < -0.39 is 0 Å². The van der Waals surface area contributed by atoms with Gasteiger partial charge in [-0.2, -0.15) is 5.06 Å². The smallest absolute Gasteiger partial charge is 0.305 e. The fourth-order valence-electron chi connectivity index (χ4n) is 2.50. The monoisotopic (exact) mass is 381 g/mol. The Balaban J connectivity index is 0.00000264. The number of benzene rings is 1. The number of halogens is 3. The molecule has 1 heterocycles. The fourth-order valence-corrected chi connectivity index (χ4v) is 2.97. The molecule has 0 unspecified atom stereocenters. The molecule has 0 atom stereocenters. The average Bonchev–Trinajstić information content (AvgIpc) is 2.46. The number of hydroxylamine groups is 1. The molecular formula is C15H22Cl3N3O2. The van der Waals surface area contributed by atoms with Crippen LogP contribution in [0, 0.1) is 6.92 Å². The molecule has 1 aliphatic rings. The number of amides is 1. The summed E-state index contributed by atoms with van der Waals surface area (Å²) in [6, 6.07) is 3.09. The highest BCUT2D eigenvalue weighted by Gasteiger charge is 2.32. The molecule has 2 rings (SSSR count). The number of likely N-dealkylation sites (N-methyl/N-ethyl adjacent to an activating group) is 2. The van der Waals surface area contributed by atoms with Gasteiger partial charge in [0.1, 0.15) is 0 Å². The van der Waals surface area contributed by atoms with Gasteiger partial charge in [0.15, 0.2) is 6.54 Å². The minimum Gasteiger partial charge on any atom is -1.00 e. The van der Waals surface area contributed by atoms with Crippen molar-refractivity contribution in [2.75, 3.05) is 51.9 Å². The number of piperazine rings is 1.